The second-order valence-corrected chi connectivity index (χ2v) is 4.27. The minimum absolute atomic E-state index is 0.104. The van der Waals surface area contributed by atoms with Crippen molar-refractivity contribution in [2.24, 2.45) is 0 Å². The standard InChI is InChI=1S/C12H17F4N3O/c1-4-5-8-18-9(17-3)7(2)10(19-8)20-6-12(15,16)11(13)14/h11H,4-6H2,1-3H3,(H,17,18,19). The Morgan fingerprint density at radius 2 is 1.95 bits per heavy atom. The zero-order valence-electron chi connectivity index (χ0n) is 11.5. The summed E-state index contributed by atoms with van der Waals surface area (Å²) in [6.45, 7) is 2.06. The summed E-state index contributed by atoms with van der Waals surface area (Å²) in [5.74, 6) is -3.47. The van der Waals surface area contributed by atoms with E-state index in [-0.39, 0.29) is 5.88 Å². The van der Waals surface area contributed by atoms with Gasteiger partial charge in [-0.05, 0) is 13.3 Å². The highest BCUT2D eigenvalue weighted by Gasteiger charge is 2.42. The van der Waals surface area contributed by atoms with Gasteiger partial charge in [0, 0.05) is 13.5 Å². The molecule has 1 heterocycles. The fourth-order valence-corrected chi connectivity index (χ4v) is 1.49. The summed E-state index contributed by atoms with van der Waals surface area (Å²) in [5.41, 5.74) is 0.400. The van der Waals surface area contributed by atoms with Gasteiger partial charge < -0.3 is 10.1 Å². The summed E-state index contributed by atoms with van der Waals surface area (Å²) in [5, 5.41) is 2.79. The van der Waals surface area contributed by atoms with E-state index < -0.39 is 19.0 Å². The molecule has 1 N–H and O–H groups in total. The molecule has 0 fully saturated rings. The number of nitrogens with zero attached hydrogens (tertiary/aromatic N) is 2. The first-order valence-corrected chi connectivity index (χ1v) is 6.15. The lowest BCUT2D eigenvalue weighted by Crippen LogP contribution is -2.34. The van der Waals surface area contributed by atoms with E-state index in [9.17, 15) is 17.6 Å². The largest absolute Gasteiger partial charge is 0.471 e. The van der Waals surface area contributed by atoms with E-state index >= 15 is 0 Å². The minimum Gasteiger partial charge on any atom is -0.471 e. The van der Waals surface area contributed by atoms with E-state index in [0.29, 0.717) is 23.6 Å². The molecule has 1 aromatic rings. The van der Waals surface area contributed by atoms with Gasteiger partial charge in [0.1, 0.15) is 11.6 Å². The maximum Gasteiger partial charge on any atom is 0.340 e. The quantitative estimate of drug-likeness (QED) is 0.785. The second kappa shape index (κ2) is 6.71. The summed E-state index contributed by atoms with van der Waals surface area (Å²) in [6.07, 6.45) is -2.47. The van der Waals surface area contributed by atoms with Gasteiger partial charge >= 0.3 is 12.3 Å². The monoisotopic (exact) mass is 295 g/mol. The van der Waals surface area contributed by atoms with Crippen LogP contribution >= 0.6 is 0 Å². The number of nitrogens with one attached hydrogen (secondary N) is 1. The first-order chi connectivity index (χ1) is 9.31. The molecule has 0 amide bonds. The Morgan fingerprint density at radius 3 is 2.45 bits per heavy atom. The van der Waals surface area contributed by atoms with Gasteiger partial charge in [-0.15, -0.1) is 0 Å². The molecule has 0 saturated heterocycles. The third-order valence-electron chi connectivity index (χ3n) is 2.58. The number of alkyl halides is 4. The summed E-state index contributed by atoms with van der Waals surface area (Å²) < 4.78 is 54.7. The van der Waals surface area contributed by atoms with E-state index in [0.717, 1.165) is 6.42 Å². The van der Waals surface area contributed by atoms with Crippen LogP contribution in [0.2, 0.25) is 0 Å². The number of halogens is 4. The van der Waals surface area contributed by atoms with Crippen molar-refractivity contribution in [3.63, 3.8) is 0 Å². The number of rotatable bonds is 7. The van der Waals surface area contributed by atoms with Crippen LogP contribution in [0.4, 0.5) is 23.4 Å². The van der Waals surface area contributed by atoms with Crippen molar-refractivity contribution in [3.05, 3.63) is 11.4 Å². The maximum absolute atomic E-state index is 12.9. The molecular formula is C12H17F4N3O. The molecule has 20 heavy (non-hydrogen) atoms. The Kier molecular flexibility index (Phi) is 5.52. The molecule has 0 unspecified atom stereocenters. The summed E-state index contributed by atoms with van der Waals surface area (Å²) in [4.78, 5) is 8.16. The second-order valence-electron chi connectivity index (χ2n) is 4.27. The van der Waals surface area contributed by atoms with Crippen LogP contribution in [0, 0.1) is 6.92 Å². The lowest BCUT2D eigenvalue weighted by atomic mass is 10.2. The van der Waals surface area contributed by atoms with E-state index in [1.807, 2.05) is 6.92 Å². The molecule has 0 aromatic carbocycles. The van der Waals surface area contributed by atoms with Gasteiger partial charge in [0.25, 0.3) is 0 Å². The Balaban J connectivity index is 2.96. The van der Waals surface area contributed by atoms with Crippen molar-refractivity contribution in [1.29, 1.82) is 0 Å². The molecule has 0 aliphatic rings. The molecule has 1 aromatic heterocycles. The first-order valence-electron chi connectivity index (χ1n) is 6.15. The van der Waals surface area contributed by atoms with E-state index in [4.69, 9.17) is 4.74 Å². The van der Waals surface area contributed by atoms with Gasteiger partial charge in [-0.2, -0.15) is 13.8 Å². The smallest absolute Gasteiger partial charge is 0.340 e. The molecule has 114 valence electrons. The highest BCUT2D eigenvalue weighted by atomic mass is 19.3. The van der Waals surface area contributed by atoms with Crippen molar-refractivity contribution in [3.8, 4) is 5.88 Å². The van der Waals surface area contributed by atoms with Crippen LogP contribution < -0.4 is 10.1 Å². The van der Waals surface area contributed by atoms with Crippen LogP contribution in [0.3, 0.4) is 0 Å². The SMILES string of the molecule is CCCc1nc(NC)c(C)c(OCC(F)(F)C(F)F)n1. The maximum atomic E-state index is 12.9. The number of aryl methyl sites for hydroxylation is 1. The predicted molar refractivity (Wildman–Crippen MR) is 66.8 cm³/mol. The van der Waals surface area contributed by atoms with E-state index in [1.54, 1.807) is 14.0 Å². The number of hydrogen-bond acceptors (Lipinski definition) is 4. The summed E-state index contributed by atoms with van der Waals surface area (Å²) >= 11 is 0. The predicted octanol–water partition coefficient (Wildman–Crippen LogP) is 3.06. The number of ether oxygens (including phenoxy) is 1. The van der Waals surface area contributed by atoms with Crippen molar-refractivity contribution in [2.45, 2.75) is 39.0 Å². The van der Waals surface area contributed by atoms with E-state index in [1.165, 1.54) is 0 Å². The average molecular weight is 295 g/mol. The Labute approximate surface area is 114 Å². The molecule has 8 heteroatoms. The molecule has 0 aliphatic heterocycles. The fraction of sp³-hybridized carbons (Fsp3) is 0.667. The third-order valence-corrected chi connectivity index (χ3v) is 2.58. The van der Waals surface area contributed by atoms with Gasteiger partial charge in [0.05, 0.1) is 5.56 Å². The van der Waals surface area contributed by atoms with Crippen molar-refractivity contribution in [1.82, 2.24) is 9.97 Å². The lowest BCUT2D eigenvalue weighted by Gasteiger charge is -2.17. The third kappa shape index (κ3) is 3.94. The van der Waals surface area contributed by atoms with Crippen LogP contribution in [-0.4, -0.2) is 36.0 Å². The first kappa shape index (κ1) is 16.5. The highest BCUT2D eigenvalue weighted by molar-refractivity contribution is 5.48. The average Bonchev–Trinajstić information content (AvgIpc) is 2.39. The fourth-order valence-electron chi connectivity index (χ4n) is 1.49. The summed E-state index contributed by atoms with van der Waals surface area (Å²) in [7, 11) is 1.61. The van der Waals surface area contributed by atoms with Crippen molar-refractivity contribution >= 4 is 5.82 Å². The van der Waals surface area contributed by atoms with Crippen LogP contribution in [0.5, 0.6) is 5.88 Å². The molecule has 0 spiro atoms. The molecule has 0 bridgehead atoms. The topological polar surface area (TPSA) is 47.0 Å². The van der Waals surface area contributed by atoms with Gasteiger partial charge in [-0.3, -0.25) is 0 Å². The Hall–Kier alpha value is -1.60. The molecule has 0 aliphatic carbocycles. The molecule has 1 rings (SSSR count). The molecule has 0 atom stereocenters. The van der Waals surface area contributed by atoms with Gasteiger partial charge in [0.2, 0.25) is 5.88 Å². The van der Waals surface area contributed by atoms with Crippen LogP contribution in [-0.2, 0) is 6.42 Å². The zero-order chi connectivity index (χ0) is 15.3. The molecule has 0 radical (unpaired) electrons. The number of anilines is 1. The van der Waals surface area contributed by atoms with Crippen molar-refractivity contribution < 1.29 is 22.3 Å². The van der Waals surface area contributed by atoms with Crippen molar-refractivity contribution in [2.75, 3.05) is 19.0 Å². The Bertz CT molecular complexity index is 455. The van der Waals surface area contributed by atoms with Gasteiger partial charge in [0.15, 0.2) is 6.61 Å². The minimum atomic E-state index is -4.21. The highest BCUT2D eigenvalue weighted by Crippen LogP contribution is 2.27. The molecule has 4 nitrogen and oxygen atoms in total. The molecular weight excluding hydrogens is 278 g/mol. The zero-order valence-corrected chi connectivity index (χ0v) is 11.5. The Morgan fingerprint density at radius 1 is 1.30 bits per heavy atom. The molecule has 0 saturated carbocycles. The van der Waals surface area contributed by atoms with E-state index in [2.05, 4.69) is 15.3 Å². The van der Waals surface area contributed by atoms with Gasteiger partial charge in [-0.1, -0.05) is 6.92 Å². The lowest BCUT2D eigenvalue weighted by molar-refractivity contribution is -0.148. The van der Waals surface area contributed by atoms with Gasteiger partial charge in [-0.25, -0.2) is 13.8 Å². The van der Waals surface area contributed by atoms with Crippen LogP contribution in [0.15, 0.2) is 0 Å². The number of aromatic nitrogens is 2. The van der Waals surface area contributed by atoms with Crippen LogP contribution in [0.25, 0.3) is 0 Å². The normalized spacial score (nSPS) is 11.8. The summed E-state index contributed by atoms with van der Waals surface area (Å²) in [6, 6.07) is 0. The van der Waals surface area contributed by atoms with Crippen LogP contribution in [0.1, 0.15) is 24.7 Å². The number of hydrogen-bond donors (Lipinski definition) is 1.